The Morgan fingerprint density at radius 1 is 0.750 bits per heavy atom. The van der Waals surface area contributed by atoms with E-state index in [-0.39, 0.29) is 0 Å². The summed E-state index contributed by atoms with van der Waals surface area (Å²) in [5.41, 5.74) is 8.76. The van der Waals surface area contributed by atoms with Gasteiger partial charge in [-0.25, -0.2) is 0 Å². The van der Waals surface area contributed by atoms with Crippen molar-refractivity contribution in [2.75, 3.05) is 0 Å². The maximum atomic E-state index is 9.57. The Kier molecular flexibility index (Phi) is 6.20. The van der Waals surface area contributed by atoms with E-state index >= 15 is 0 Å². The predicted molar refractivity (Wildman–Crippen MR) is 134 cm³/mol. The molecule has 3 aromatic carbocycles. The second-order valence-corrected chi connectivity index (χ2v) is 7.35. The summed E-state index contributed by atoms with van der Waals surface area (Å²) in [5.74, 6) is 0. The van der Waals surface area contributed by atoms with E-state index in [1.807, 2.05) is 42.5 Å². The first-order valence-electron chi connectivity index (χ1n) is 10.3. The van der Waals surface area contributed by atoms with Crippen LogP contribution < -0.4 is 0 Å². The first-order chi connectivity index (χ1) is 15.7. The summed E-state index contributed by atoms with van der Waals surface area (Å²) in [6, 6.07) is 30.8. The van der Waals surface area contributed by atoms with Crippen molar-refractivity contribution in [2.24, 2.45) is 0 Å². The van der Waals surface area contributed by atoms with Gasteiger partial charge < -0.3 is 0 Å². The molecule has 1 heterocycles. The van der Waals surface area contributed by atoms with Gasteiger partial charge in [-0.05, 0) is 75.9 Å². The summed E-state index contributed by atoms with van der Waals surface area (Å²) in [5, 5.41) is 9.57. The van der Waals surface area contributed by atoms with E-state index in [0.717, 1.165) is 44.6 Å². The van der Waals surface area contributed by atoms with Crippen molar-refractivity contribution < 1.29 is 0 Å². The molecule has 0 N–H and O–H groups in total. The molecule has 2 heteroatoms. The SMILES string of the molecule is C=C/C=C(\C=C)c1cc(C#N)cc(-c2cccc(-c3cccc(-c4ccccn4)c3)c2)c1. The standard InChI is InChI=1S/C30H22N2/c1-3-9-23(4-2)28-16-22(21-31)17-29(20-28)26-12-7-10-24(18-26)25-11-8-13-27(19-25)30-14-5-6-15-32-30/h3-20H,1-2H2/b23-9+. The molecule has 4 aromatic rings. The number of allylic oxidation sites excluding steroid dienone is 4. The largest absolute Gasteiger partial charge is 0.256 e. The van der Waals surface area contributed by atoms with Crippen LogP contribution in [-0.4, -0.2) is 4.98 Å². The van der Waals surface area contributed by atoms with Crippen molar-refractivity contribution in [2.45, 2.75) is 0 Å². The molecule has 0 aliphatic heterocycles. The van der Waals surface area contributed by atoms with E-state index in [2.05, 4.69) is 72.7 Å². The molecule has 4 rings (SSSR count). The van der Waals surface area contributed by atoms with Crippen LogP contribution in [0.3, 0.4) is 0 Å². The van der Waals surface area contributed by atoms with E-state index in [1.165, 1.54) is 0 Å². The number of pyridine rings is 1. The second kappa shape index (κ2) is 9.55. The first kappa shape index (κ1) is 20.8. The number of nitrogens with zero attached hydrogens (tertiary/aromatic N) is 2. The Morgan fingerprint density at radius 2 is 1.44 bits per heavy atom. The van der Waals surface area contributed by atoms with E-state index < -0.39 is 0 Å². The Labute approximate surface area is 189 Å². The average Bonchev–Trinajstić information content (AvgIpc) is 2.87. The Balaban J connectivity index is 1.78. The Bertz CT molecular complexity index is 1360. The highest BCUT2D eigenvalue weighted by molar-refractivity contribution is 5.81. The maximum absolute atomic E-state index is 9.57. The summed E-state index contributed by atoms with van der Waals surface area (Å²) < 4.78 is 0. The lowest BCUT2D eigenvalue weighted by atomic mass is 9.93. The van der Waals surface area contributed by atoms with Crippen molar-refractivity contribution >= 4 is 5.57 Å². The quantitative estimate of drug-likeness (QED) is 0.305. The normalized spacial score (nSPS) is 10.9. The van der Waals surface area contributed by atoms with Crippen molar-refractivity contribution in [1.29, 1.82) is 5.26 Å². The number of nitriles is 1. The molecule has 0 aliphatic carbocycles. The molecule has 0 atom stereocenters. The number of rotatable bonds is 6. The van der Waals surface area contributed by atoms with Gasteiger partial charge in [-0.3, -0.25) is 4.98 Å². The number of hydrogen-bond acceptors (Lipinski definition) is 2. The van der Waals surface area contributed by atoms with Crippen molar-refractivity contribution in [3.63, 3.8) is 0 Å². The molecule has 0 saturated carbocycles. The highest BCUT2D eigenvalue weighted by atomic mass is 14.7. The first-order valence-corrected chi connectivity index (χ1v) is 10.3. The molecule has 1 aromatic heterocycles. The highest BCUT2D eigenvalue weighted by Gasteiger charge is 2.08. The lowest BCUT2D eigenvalue weighted by Gasteiger charge is -2.10. The van der Waals surface area contributed by atoms with Crippen LogP contribution >= 0.6 is 0 Å². The smallest absolute Gasteiger partial charge is 0.0992 e. The molecule has 0 radical (unpaired) electrons. The van der Waals surface area contributed by atoms with Crippen molar-refractivity contribution in [3.05, 3.63) is 134 Å². The Morgan fingerprint density at radius 3 is 2.06 bits per heavy atom. The molecule has 32 heavy (non-hydrogen) atoms. The third kappa shape index (κ3) is 4.48. The van der Waals surface area contributed by atoms with Gasteiger partial charge in [0.05, 0.1) is 17.3 Å². The molecule has 2 nitrogen and oxygen atoms in total. The highest BCUT2D eigenvalue weighted by Crippen LogP contribution is 2.31. The van der Waals surface area contributed by atoms with Gasteiger partial charge in [-0.2, -0.15) is 5.26 Å². The van der Waals surface area contributed by atoms with Gasteiger partial charge in [0.2, 0.25) is 0 Å². The number of aromatic nitrogens is 1. The zero-order chi connectivity index (χ0) is 22.3. The minimum Gasteiger partial charge on any atom is -0.256 e. The lowest BCUT2D eigenvalue weighted by Crippen LogP contribution is -1.88. The molecule has 0 fully saturated rings. The van der Waals surface area contributed by atoms with Gasteiger partial charge in [-0.1, -0.05) is 73.9 Å². The summed E-state index contributed by atoms with van der Waals surface area (Å²) in [6.07, 6.45) is 7.21. The third-order valence-corrected chi connectivity index (χ3v) is 5.27. The number of benzene rings is 3. The molecule has 0 saturated heterocycles. The molecule has 152 valence electrons. The molecule has 0 unspecified atom stereocenters. The summed E-state index contributed by atoms with van der Waals surface area (Å²) in [4.78, 5) is 4.47. The summed E-state index contributed by atoms with van der Waals surface area (Å²) in [6.45, 7) is 7.67. The molecule has 0 aliphatic rings. The fourth-order valence-corrected chi connectivity index (χ4v) is 3.70. The fraction of sp³-hybridized carbons (Fsp3) is 0. The topological polar surface area (TPSA) is 36.7 Å². The van der Waals surface area contributed by atoms with Crippen LogP contribution in [0, 0.1) is 11.3 Å². The number of hydrogen-bond donors (Lipinski definition) is 0. The van der Waals surface area contributed by atoms with Gasteiger partial charge in [0.1, 0.15) is 0 Å². The van der Waals surface area contributed by atoms with Crippen molar-refractivity contribution in [3.8, 4) is 39.6 Å². The zero-order valence-electron chi connectivity index (χ0n) is 17.7. The molecule has 0 spiro atoms. The fourth-order valence-electron chi connectivity index (χ4n) is 3.70. The lowest BCUT2D eigenvalue weighted by molar-refractivity contribution is 1.33. The summed E-state index contributed by atoms with van der Waals surface area (Å²) in [7, 11) is 0. The third-order valence-electron chi connectivity index (χ3n) is 5.27. The molecule has 0 bridgehead atoms. The predicted octanol–water partition coefficient (Wildman–Crippen LogP) is 7.71. The molecule has 0 amide bonds. The van der Waals surface area contributed by atoms with E-state index in [1.54, 1.807) is 18.3 Å². The Hall–Kier alpha value is -4.48. The van der Waals surface area contributed by atoms with Gasteiger partial charge in [-0.15, -0.1) is 0 Å². The minimum atomic E-state index is 0.608. The van der Waals surface area contributed by atoms with Crippen LogP contribution in [-0.2, 0) is 0 Å². The van der Waals surface area contributed by atoms with Gasteiger partial charge in [0.15, 0.2) is 0 Å². The van der Waals surface area contributed by atoms with Gasteiger partial charge in [0, 0.05) is 11.8 Å². The van der Waals surface area contributed by atoms with Crippen LogP contribution in [0.1, 0.15) is 11.1 Å². The van der Waals surface area contributed by atoms with Gasteiger partial charge >= 0.3 is 0 Å². The van der Waals surface area contributed by atoms with Crippen LogP contribution in [0.25, 0.3) is 39.1 Å². The van der Waals surface area contributed by atoms with E-state index in [4.69, 9.17) is 0 Å². The van der Waals surface area contributed by atoms with Crippen LogP contribution in [0.5, 0.6) is 0 Å². The summed E-state index contributed by atoms with van der Waals surface area (Å²) >= 11 is 0. The monoisotopic (exact) mass is 410 g/mol. The average molecular weight is 411 g/mol. The zero-order valence-corrected chi connectivity index (χ0v) is 17.7. The maximum Gasteiger partial charge on any atom is 0.0992 e. The van der Waals surface area contributed by atoms with Crippen LogP contribution in [0.15, 0.2) is 123 Å². The molecular weight excluding hydrogens is 388 g/mol. The van der Waals surface area contributed by atoms with Crippen molar-refractivity contribution in [1.82, 2.24) is 4.98 Å². The van der Waals surface area contributed by atoms with Crippen LogP contribution in [0.2, 0.25) is 0 Å². The van der Waals surface area contributed by atoms with E-state index in [0.29, 0.717) is 5.56 Å². The van der Waals surface area contributed by atoms with Crippen LogP contribution in [0.4, 0.5) is 0 Å². The van der Waals surface area contributed by atoms with E-state index in [9.17, 15) is 5.26 Å². The molecular formula is C30H22N2. The second-order valence-electron chi connectivity index (χ2n) is 7.35. The van der Waals surface area contributed by atoms with Gasteiger partial charge in [0.25, 0.3) is 0 Å². The minimum absolute atomic E-state index is 0.608.